The van der Waals surface area contributed by atoms with Crippen molar-refractivity contribution in [2.45, 2.75) is 44.8 Å². The Morgan fingerprint density at radius 2 is 2.14 bits per heavy atom. The number of rotatable bonds is 3. The fourth-order valence-electron chi connectivity index (χ4n) is 2.42. The largest absolute Gasteiger partial charge is 0.493 e. The van der Waals surface area contributed by atoms with E-state index in [1.807, 2.05) is 24.3 Å². The van der Waals surface area contributed by atoms with Gasteiger partial charge in [0.25, 0.3) is 0 Å². The molecule has 0 bridgehead atoms. The van der Waals surface area contributed by atoms with Crippen molar-refractivity contribution < 1.29 is 19.1 Å². The fraction of sp³-hybridized carbons (Fsp3) is 0.500. The number of fused-ring (bicyclic) bond motifs is 1. The van der Waals surface area contributed by atoms with Gasteiger partial charge >= 0.3 is 6.09 Å². The molecule has 0 radical (unpaired) electrons. The minimum atomic E-state index is -0.620. The second kappa shape index (κ2) is 6.16. The molecule has 2 rings (SSSR count). The molecule has 1 aromatic carbocycles. The van der Waals surface area contributed by atoms with Crippen LogP contribution < -0.4 is 10.1 Å². The normalized spacial score (nSPS) is 18.9. The highest BCUT2D eigenvalue weighted by atomic mass is 16.6. The molecule has 5 nitrogen and oxygen atoms in total. The Morgan fingerprint density at radius 1 is 1.43 bits per heavy atom. The van der Waals surface area contributed by atoms with E-state index in [9.17, 15) is 9.59 Å². The summed E-state index contributed by atoms with van der Waals surface area (Å²) in [5.74, 6) is 0.673. The number of carbonyl (C=O) groups is 2. The van der Waals surface area contributed by atoms with Crippen molar-refractivity contribution in [2.75, 3.05) is 6.61 Å². The maximum atomic E-state index is 11.9. The van der Waals surface area contributed by atoms with Gasteiger partial charge < -0.3 is 19.6 Å². The third kappa shape index (κ3) is 3.97. The van der Waals surface area contributed by atoms with Gasteiger partial charge in [-0.1, -0.05) is 18.2 Å². The van der Waals surface area contributed by atoms with Crippen LogP contribution in [0.3, 0.4) is 0 Å². The van der Waals surface area contributed by atoms with Crippen LogP contribution in [0, 0.1) is 0 Å². The van der Waals surface area contributed by atoms with Gasteiger partial charge in [-0.05, 0) is 38.8 Å². The first-order valence-corrected chi connectivity index (χ1v) is 7.07. The third-order valence-corrected chi connectivity index (χ3v) is 3.27. The van der Waals surface area contributed by atoms with Crippen molar-refractivity contribution in [3.63, 3.8) is 0 Å². The number of alkyl carbamates (subject to hydrolysis) is 1. The molecule has 1 aliphatic heterocycles. The van der Waals surface area contributed by atoms with E-state index in [1.165, 1.54) is 0 Å². The molecule has 1 amide bonds. The van der Waals surface area contributed by atoms with Crippen molar-refractivity contribution in [3.8, 4) is 5.75 Å². The summed E-state index contributed by atoms with van der Waals surface area (Å²) in [6, 6.07) is 6.96. The molecule has 0 spiro atoms. The SMILES string of the molecule is CC(C)(C)OC(=O)NC(C=O)C1CCOc2ccccc21. The molecule has 114 valence electrons. The number of carbonyl (C=O) groups excluding carboxylic acids is 2. The zero-order chi connectivity index (χ0) is 15.5. The van der Waals surface area contributed by atoms with E-state index >= 15 is 0 Å². The molecular formula is C16H21NO4. The minimum Gasteiger partial charge on any atom is -0.493 e. The van der Waals surface area contributed by atoms with Gasteiger partial charge in [-0.3, -0.25) is 0 Å². The molecule has 2 unspecified atom stereocenters. The summed E-state index contributed by atoms with van der Waals surface area (Å²) >= 11 is 0. The molecule has 1 aromatic rings. The van der Waals surface area contributed by atoms with Gasteiger partial charge in [0.15, 0.2) is 0 Å². The Labute approximate surface area is 124 Å². The van der Waals surface area contributed by atoms with Gasteiger partial charge in [0.1, 0.15) is 17.6 Å². The van der Waals surface area contributed by atoms with Crippen molar-refractivity contribution in [1.82, 2.24) is 5.32 Å². The Kier molecular flexibility index (Phi) is 4.50. The molecular weight excluding hydrogens is 270 g/mol. The van der Waals surface area contributed by atoms with Crippen LogP contribution >= 0.6 is 0 Å². The quantitative estimate of drug-likeness (QED) is 0.870. The maximum Gasteiger partial charge on any atom is 0.408 e. The summed E-state index contributed by atoms with van der Waals surface area (Å²) in [4.78, 5) is 23.3. The van der Waals surface area contributed by atoms with Crippen molar-refractivity contribution in [1.29, 1.82) is 0 Å². The summed E-state index contributed by atoms with van der Waals surface area (Å²) in [6.07, 6.45) is 0.857. The summed E-state index contributed by atoms with van der Waals surface area (Å²) in [7, 11) is 0. The van der Waals surface area contributed by atoms with E-state index in [0.717, 1.165) is 17.6 Å². The van der Waals surface area contributed by atoms with Gasteiger partial charge in [-0.15, -0.1) is 0 Å². The van der Waals surface area contributed by atoms with Crippen LogP contribution in [-0.2, 0) is 9.53 Å². The predicted octanol–water partition coefficient (Wildman–Crippen LogP) is 2.64. The molecule has 5 heteroatoms. The maximum absolute atomic E-state index is 11.9. The number of hydrogen-bond acceptors (Lipinski definition) is 4. The Hall–Kier alpha value is -2.04. The van der Waals surface area contributed by atoms with E-state index < -0.39 is 17.7 Å². The van der Waals surface area contributed by atoms with Crippen LogP contribution in [0.1, 0.15) is 38.7 Å². The first kappa shape index (κ1) is 15.4. The molecule has 1 heterocycles. The number of benzene rings is 1. The standard InChI is InChI=1S/C16H21NO4/c1-16(2,3)21-15(19)17-13(10-18)11-8-9-20-14-7-5-4-6-12(11)14/h4-7,10-11,13H,8-9H2,1-3H3,(H,17,19). The van der Waals surface area contributed by atoms with E-state index in [-0.39, 0.29) is 5.92 Å². The third-order valence-electron chi connectivity index (χ3n) is 3.27. The predicted molar refractivity (Wildman–Crippen MR) is 78.5 cm³/mol. The summed E-state index contributed by atoms with van der Waals surface area (Å²) in [5.41, 5.74) is 0.349. The lowest BCUT2D eigenvalue weighted by atomic mass is 9.87. The van der Waals surface area contributed by atoms with E-state index in [2.05, 4.69) is 5.32 Å². The van der Waals surface area contributed by atoms with Crippen molar-refractivity contribution >= 4 is 12.4 Å². The van der Waals surface area contributed by atoms with Gasteiger partial charge in [0.05, 0.1) is 12.6 Å². The Balaban J connectivity index is 2.12. The number of ether oxygens (including phenoxy) is 2. The van der Waals surface area contributed by atoms with Crippen LogP contribution in [0.25, 0.3) is 0 Å². The number of para-hydroxylation sites is 1. The second-order valence-electron chi connectivity index (χ2n) is 6.09. The van der Waals surface area contributed by atoms with Crippen LogP contribution in [-0.4, -0.2) is 30.6 Å². The zero-order valence-corrected chi connectivity index (χ0v) is 12.6. The van der Waals surface area contributed by atoms with E-state index in [0.29, 0.717) is 13.0 Å². The highest BCUT2D eigenvalue weighted by molar-refractivity contribution is 5.74. The summed E-state index contributed by atoms with van der Waals surface area (Å²) < 4.78 is 10.8. The molecule has 0 aromatic heterocycles. The van der Waals surface area contributed by atoms with Gasteiger partial charge in [-0.25, -0.2) is 4.79 Å². The summed E-state index contributed by atoms with van der Waals surface area (Å²) in [6.45, 7) is 5.88. The van der Waals surface area contributed by atoms with Gasteiger partial charge in [0.2, 0.25) is 0 Å². The van der Waals surface area contributed by atoms with Gasteiger partial charge in [-0.2, -0.15) is 0 Å². The molecule has 2 atom stereocenters. The number of nitrogens with one attached hydrogen (secondary N) is 1. The molecule has 0 saturated heterocycles. The second-order valence-corrected chi connectivity index (χ2v) is 6.09. The van der Waals surface area contributed by atoms with Crippen LogP contribution in [0.5, 0.6) is 5.75 Å². The molecule has 1 N–H and O–H groups in total. The number of hydrogen-bond donors (Lipinski definition) is 1. The average molecular weight is 291 g/mol. The number of aldehydes is 1. The van der Waals surface area contributed by atoms with Crippen LogP contribution in [0.2, 0.25) is 0 Å². The highest BCUT2D eigenvalue weighted by Crippen LogP contribution is 2.35. The fourth-order valence-corrected chi connectivity index (χ4v) is 2.42. The lowest BCUT2D eigenvalue weighted by molar-refractivity contribution is -0.110. The first-order chi connectivity index (χ1) is 9.90. The average Bonchev–Trinajstić information content (AvgIpc) is 2.42. The zero-order valence-electron chi connectivity index (χ0n) is 12.6. The molecule has 0 fully saturated rings. The lowest BCUT2D eigenvalue weighted by Gasteiger charge is -2.30. The smallest absolute Gasteiger partial charge is 0.408 e. The first-order valence-electron chi connectivity index (χ1n) is 7.07. The van der Waals surface area contributed by atoms with Crippen molar-refractivity contribution in [3.05, 3.63) is 29.8 Å². The molecule has 1 aliphatic rings. The molecule has 0 aliphatic carbocycles. The highest BCUT2D eigenvalue weighted by Gasteiger charge is 2.30. The van der Waals surface area contributed by atoms with Crippen LogP contribution in [0.4, 0.5) is 4.79 Å². The Morgan fingerprint density at radius 3 is 2.81 bits per heavy atom. The molecule has 0 saturated carbocycles. The molecule has 21 heavy (non-hydrogen) atoms. The van der Waals surface area contributed by atoms with E-state index in [4.69, 9.17) is 9.47 Å². The number of amides is 1. The van der Waals surface area contributed by atoms with Gasteiger partial charge in [0, 0.05) is 5.92 Å². The lowest BCUT2D eigenvalue weighted by Crippen LogP contribution is -2.44. The van der Waals surface area contributed by atoms with Crippen LogP contribution in [0.15, 0.2) is 24.3 Å². The summed E-state index contributed by atoms with van der Waals surface area (Å²) in [5, 5.41) is 2.65. The van der Waals surface area contributed by atoms with Crippen molar-refractivity contribution in [2.24, 2.45) is 0 Å². The topological polar surface area (TPSA) is 64.6 Å². The monoisotopic (exact) mass is 291 g/mol. The van der Waals surface area contributed by atoms with E-state index in [1.54, 1.807) is 20.8 Å². The minimum absolute atomic E-state index is 0.0973. The Bertz CT molecular complexity index is 521.